The van der Waals surface area contributed by atoms with Crippen molar-refractivity contribution < 1.29 is 9.53 Å². The van der Waals surface area contributed by atoms with Gasteiger partial charge in [-0.15, -0.1) is 0 Å². The maximum atomic E-state index is 11.7. The molecule has 0 radical (unpaired) electrons. The molecule has 8 nitrogen and oxygen atoms in total. The lowest BCUT2D eigenvalue weighted by atomic mass is 10.0. The minimum atomic E-state index is -0.341. The van der Waals surface area contributed by atoms with Crippen LogP contribution in [0.1, 0.15) is 44.7 Å². The highest BCUT2D eigenvalue weighted by atomic mass is 16.6. The summed E-state index contributed by atoms with van der Waals surface area (Å²) in [5.41, 5.74) is 1.04. The maximum Gasteiger partial charge on any atom is 0.407 e. The molecule has 128 valence electrons. The summed E-state index contributed by atoms with van der Waals surface area (Å²) in [6.07, 6.45) is 5.40. The van der Waals surface area contributed by atoms with Gasteiger partial charge in [0.15, 0.2) is 5.82 Å². The van der Waals surface area contributed by atoms with Gasteiger partial charge in [-0.2, -0.15) is 5.10 Å². The van der Waals surface area contributed by atoms with Crippen molar-refractivity contribution in [2.45, 2.75) is 51.2 Å². The molecular formula is C16H22N6O2. The van der Waals surface area contributed by atoms with E-state index >= 15 is 0 Å². The lowest BCUT2D eigenvalue weighted by Gasteiger charge is -2.14. The van der Waals surface area contributed by atoms with Gasteiger partial charge in [-0.05, 0) is 39.2 Å². The second kappa shape index (κ2) is 7.29. The quantitative estimate of drug-likeness (QED) is 0.778. The summed E-state index contributed by atoms with van der Waals surface area (Å²) in [5.74, 6) is 1.72. The molecule has 0 saturated heterocycles. The fraction of sp³-hybridized carbons (Fsp3) is 0.500. The second-order valence-corrected chi connectivity index (χ2v) is 6.26. The van der Waals surface area contributed by atoms with Crippen molar-refractivity contribution in [2.24, 2.45) is 0 Å². The van der Waals surface area contributed by atoms with E-state index in [2.05, 4.69) is 30.8 Å². The summed E-state index contributed by atoms with van der Waals surface area (Å²) < 4.78 is 5.46. The molecule has 0 spiro atoms. The summed E-state index contributed by atoms with van der Waals surface area (Å²) in [7, 11) is 0. The largest absolute Gasteiger partial charge is 0.446 e. The van der Waals surface area contributed by atoms with Gasteiger partial charge in [0.25, 0.3) is 0 Å². The van der Waals surface area contributed by atoms with Gasteiger partial charge in [-0.25, -0.2) is 14.8 Å². The van der Waals surface area contributed by atoms with E-state index in [0.717, 1.165) is 25.0 Å². The molecule has 2 atom stereocenters. The van der Waals surface area contributed by atoms with Gasteiger partial charge in [-0.1, -0.05) is 0 Å². The first kappa shape index (κ1) is 16.2. The molecular weight excluding hydrogens is 308 g/mol. The number of H-pyrrole nitrogens is 1. The fourth-order valence-electron chi connectivity index (χ4n) is 2.86. The highest BCUT2D eigenvalue weighted by Crippen LogP contribution is 2.36. The summed E-state index contributed by atoms with van der Waals surface area (Å²) >= 11 is 0. The van der Waals surface area contributed by atoms with Crippen LogP contribution in [0.15, 0.2) is 24.7 Å². The molecule has 2 aromatic heterocycles. The van der Waals surface area contributed by atoms with Crippen molar-refractivity contribution in [1.29, 1.82) is 0 Å². The van der Waals surface area contributed by atoms with Crippen LogP contribution in [0.25, 0.3) is 0 Å². The van der Waals surface area contributed by atoms with Gasteiger partial charge >= 0.3 is 6.09 Å². The number of hydrogen-bond acceptors (Lipinski definition) is 6. The topological polar surface area (TPSA) is 105 Å². The molecule has 0 bridgehead atoms. The van der Waals surface area contributed by atoms with Gasteiger partial charge < -0.3 is 15.4 Å². The predicted molar refractivity (Wildman–Crippen MR) is 89.0 cm³/mol. The summed E-state index contributed by atoms with van der Waals surface area (Å²) in [4.78, 5) is 19.7. The molecule has 2 heterocycles. The monoisotopic (exact) mass is 330 g/mol. The van der Waals surface area contributed by atoms with Crippen LogP contribution < -0.4 is 10.6 Å². The standard InChI is InChI=1S/C16H22N6O2/c1-10(2)19-16(23)24-12-4-3-11(7-12)13-8-15(22-21-13)20-14-5-6-17-9-18-14/h5-6,8-12H,3-4,7H2,1-2H3,(H,19,23)(H2,17,18,20,21,22). The Labute approximate surface area is 140 Å². The number of aromatic amines is 1. The number of nitrogens with zero attached hydrogens (tertiary/aromatic N) is 3. The molecule has 3 rings (SSSR count). The minimum Gasteiger partial charge on any atom is -0.446 e. The first-order chi connectivity index (χ1) is 11.6. The normalized spacial score (nSPS) is 20.1. The number of hydrogen-bond donors (Lipinski definition) is 3. The van der Waals surface area contributed by atoms with Crippen molar-refractivity contribution in [3.63, 3.8) is 0 Å². The predicted octanol–water partition coefficient (Wildman–Crippen LogP) is 2.71. The smallest absolute Gasteiger partial charge is 0.407 e. The Morgan fingerprint density at radius 3 is 3.00 bits per heavy atom. The van der Waals surface area contributed by atoms with Crippen LogP contribution in [0, 0.1) is 0 Å². The van der Waals surface area contributed by atoms with Crippen LogP contribution in [0.4, 0.5) is 16.4 Å². The molecule has 24 heavy (non-hydrogen) atoms. The number of aromatic nitrogens is 4. The molecule has 1 aliphatic rings. The van der Waals surface area contributed by atoms with E-state index in [1.54, 1.807) is 12.3 Å². The molecule has 0 aliphatic heterocycles. The van der Waals surface area contributed by atoms with Crippen molar-refractivity contribution in [3.8, 4) is 0 Å². The Morgan fingerprint density at radius 1 is 1.38 bits per heavy atom. The minimum absolute atomic E-state index is 0.0460. The van der Waals surface area contributed by atoms with Crippen LogP contribution >= 0.6 is 0 Å². The van der Waals surface area contributed by atoms with Crippen LogP contribution in [-0.4, -0.2) is 38.4 Å². The number of anilines is 2. The van der Waals surface area contributed by atoms with E-state index in [9.17, 15) is 4.79 Å². The summed E-state index contributed by atoms with van der Waals surface area (Å²) in [6.45, 7) is 3.82. The third-order valence-electron chi connectivity index (χ3n) is 3.94. The number of alkyl carbamates (subject to hydrolysis) is 1. The average Bonchev–Trinajstić information content (AvgIpc) is 3.17. The van der Waals surface area contributed by atoms with Gasteiger partial charge in [-0.3, -0.25) is 5.10 Å². The van der Waals surface area contributed by atoms with E-state index in [1.165, 1.54) is 6.33 Å². The van der Waals surface area contributed by atoms with Gasteiger partial charge in [0.2, 0.25) is 0 Å². The zero-order valence-corrected chi connectivity index (χ0v) is 13.8. The summed E-state index contributed by atoms with van der Waals surface area (Å²) in [6, 6.07) is 3.84. The molecule has 1 fully saturated rings. The van der Waals surface area contributed by atoms with Crippen molar-refractivity contribution in [1.82, 2.24) is 25.5 Å². The van der Waals surface area contributed by atoms with Gasteiger partial charge in [0.1, 0.15) is 18.2 Å². The third kappa shape index (κ3) is 4.21. The first-order valence-corrected chi connectivity index (χ1v) is 8.15. The highest BCUT2D eigenvalue weighted by molar-refractivity contribution is 5.67. The van der Waals surface area contributed by atoms with Crippen molar-refractivity contribution in [2.75, 3.05) is 5.32 Å². The SMILES string of the molecule is CC(C)NC(=O)OC1CCC(c2cc(Nc3ccncn3)n[nH]2)C1. The Kier molecular flexibility index (Phi) is 4.93. The molecule has 2 unspecified atom stereocenters. The zero-order chi connectivity index (χ0) is 16.9. The van der Waals surface area contributed by atoms with E-state index in [1.807, 2.05) is 19.9 Å². The zero-order valence-electron chi connectivity index (χ0n) is 13.8. The number of carbonyl (C=O) groups excluding carboxylic acids is 1. The highest BCUT2D eigenvalue weighted by Gasteiger charge is 2.30. The molecule has 1 saturated carbocycles. The number of carbonyl (C=O) groups is 1. The maximum absolute atomic E-state index is 11.7. The van der Waals surface area contributed by atoms with Gasteiger partial charge in [0, 0.05) is 29.9 Å². The lowest BCUT2D eigenvalue weighted by Crippen LogP contribution is -2.33. The second-order valence-electron chi connectivity index (χ2n) is 6.26. The Balaban J connectivity index is 1.54. The van der Waals surface area contributed by atoms with E-state index < -0.39 is 0 Å². The molecule has 3 N–H and O–H groups in total. The van der Waals surface area contributed by atoms with Crippen molar-refractivity contribution in [3.05, 3.63) is 30.4 Å². The third-order valence-corrected chi connectivity index (χ3v) is 3.94. The fourth-order valence-corrected chi connectivity index (χ4v) is 2.86. The molecule has 2 aromatic rings. The van der Waals surface area contributed by atoms with E-state index in [0.29, 0.717) is 17.6 Å². The number of nitrogens with one attached hydrogen (secondary N) is 3. The van der Waals surface area contributed by atoms with Crippen LogP contribution in [0.2, 0.25) is 0 Å². The van der Waals surface area contributed by atoms with Gasteiger partial charge in [0.05, 0.1) is 0 Å². The van der Waals surface area contributed by atoms with Crippen LogP contribution in [0.5, 0.6) is 0 Å². The number of amides is 1. The Bertz CT molecular complexity index is 672. The summed E-state index contributed by atoms with van der Waals surface area (Å²) in [5, 5.41) is 13.2. The first-order valence-electron chi connectivity index (χ1n) is 8.15. The Morgan fingerprint density at radius 2 is 2.25 bits per heavy atom. The molecule has 1 aliphatic carbocycles. The van der Waals surface area contributed by atoms with Crippen molar-refractivity contribution >= 4 is 17.7 Å². The molecule has 0 aromatic carbocycles. The van der Waals surface area contributed by atoms with E-state index in [4.69, 9.17) is 4.74 Å². The number of ether oxygens (including phenoxy) is 1. The van der Waals surface area contributed by atoms with E-state index in [-0.39, 0.29) is 18.2 Å². The van der Waals surface area contributed by atoms with Crippen LogP contribution in [0.3, 0.4) is 0 Å². The molecule has 8 heteroatoms. The van der Waals surface area contributed by atoms with Crippen LogP contribution in [-0.2, 0) is 4.74 Å². The molecule has 1 amide bonds. The lowest BCUT2D eigenvalue weighted by molar-refractivity contribution is 0.0981. The average molecular weight is 330 g/mol. The number of rotatable bonds is 5. The Hall–Kier alpha value is -2.64.